The van der Waals surface area contributed by atoms with Gasteiger partial charge < -0.3 is 0 Å². The molecule has 184 valence electrons. The van der Waals surface area contributed by atoms with E-state index in [2.05, 4.69) is 70.2 Å². The first kappa shape index (κ1) is 26.7. The Balaban J connectivity index is 1.72. The van der Waals surface area contributed by atoms with Gasteiger partial charge in [0.1, 0.15) is 0 Å². The third-order valence-electron chi connectivity index (χ3n) is 8.30. The van der Waals surface area contributed by atoms with E-state index < -0.39 is 0 Å². The average Bonchev–Trinajstić information content (AvgIpc) is 2.77. The molecule has 2 heteroatoms. The number of benzene rings is 1. The van der Waals surface area contributed by atoms with Crippen molar-refractivity contribution in [2.75, 3.05) is 0 Å². The molecule has 0 aromatic heterocycles. The van der Waals surface area contributed by atoms with E-state index in [1.54, 1.807) is 0 Å². The molecule has 1 aromatic carbocycles. The van der Waals surface area contributed by atoms with Crippen molar-refractivity contribution in [3.05, 3.63) is 42.5 Å². The fourth-order valence-electron chi connectivity index (χ4n) is 6.37. The predicted molar refractivity (Wildman–Crippen MR) is 144 cm³/mol. The van der Waals surface area contributed by atoms with Gasteiger partial charge in [0.05, 0.1) is 0 Å². The Morgan fingerprint density at radius 2 is 1.91 bits per heavy atom. The summed E-state index contributed by atoms with van der Waals surface area (Å²) in [6.07, 6.45) is 19.6. The van der Waals surface area contributed by atoms with Crippen molar-refractivity contribution >= 4 is 25.2 Å². The molecule has 0 spiro atoms. The van der Waals surface area contributed by atoms with Crippen LogP contribution < -0.4 is 4.46 Å². The zero-order valence-electron chi connectivity index (χ0n) is 21.7. The standard InChI is InChI=1S/C31H48OSe/c1-5-6-10-18-31(20-17-26-21-25(4)15-16-30(26)24(2)3)19-11-14-29(22-27(32)23-31)33-28-12-8-7-9-13-28/h7-9,12-13,17,20,24-26,29-30H,5-6,10-11,14-16,18-19,21-23H2,1-4H3/b20-17+/t25-,26-,29?,30+,31-/m1/s1. The van der Waals surface area contributed by atoms with Gasteiger partial charge in [0, 0.05) is 0 Å². The third-order valence-corrected chi connectivity index (χ3v) is 11.0. The van der Waals surface area contributed by atoms with E-state index >= 15 is 0 Å². The molecule has 2 aliphatic rings. The van der Waals surface area contributed by atoms with Crippen LogP contribution in [0.15, 0.2) is 42.5 Å². The van der Waals surface area contributed by atoms with Gasteiger partial charge in [0.15, 0.2) is 0 Å². The Morgan fingerprint density at radius 3 is 2.64 bits per heavy atom. The number of hydrogen-bond acceptors (Lipinski definition) is 1. The molecule has 2 aliphatic carbocycles. The van der Waals surface area contributed by atoms with Gasteiger partial charge in [-0.1, -0.05) is 0 Å². The van der Waals surface area contributed by atoms with Crippen molar-refractivity contribution in [2.24, 2.45) is 29.1 Å². The fourth-order valence-corrected chi connectivity index (χ4v) is 9.00. The van der Waals surface area contributed by atoms with E-state index in [1.807, 2.05) is 0 Å². The van der Waals surface area contributed by atoms with Gasteiger partial charge >= 0.3 is 211 Å². The van der Waals surface area contributed by atoms with Crippen LogP contribution in [0.5, 0.6) is 0 Å². The molecule has 2 fully saturated rings. The number of rotatable bonds is 9. The maximum atomic E-state index is 13.3. The quantitative estimate of drug-likeness (QED) is 0.184. The number of ketones is 1. The normalized spacial score (nSPS) is 31.6. The number of carbonyl (C=O) groups is 1. The predicted octanol–water partition coefficient (Wildman–Crippen LogP) is 8.17. The molecule has 0 N–H and O–H groups in total. The molecule has 0 saturated heterocycles. The third kappa shape index (κ3) is 8.40. The molecule has 33 heavy (non-hydrogen) atoms. The molecule has 1 aromatic rings. The summed E-state index contributed by atoms with van der Waals surface area (Å²) in [6, 6.07) is 10.9. The number of carbonyl (C=O) groups excluding carboxylic acids is 1. The molecule has 1 nitrogen and oxygen atoms in total. The van der Waals surface area contributed by atoms with Crippen molar-refractivity contribution in [3.63, 3.8) is 0 Å². The van der Waals surface area contributed by atoms with E-state index in [-0.39, 0.29) is 5.41 Å². The number of allylic oxidation sites excluding steroid dienone is 2. The van der Waals surface area contributed by atoms with Crippen molar-refractivity contribution in [2.45, 2.75) is 110 Å². The van der Waals surface area contributed by atoms with Crippen molar-refractivity contribution in [1.82, 2.24) is 0 Å². The number of unbranched alkanes of at least 4 members (excludes halogenated alkanes) is 2. The molecule has 0 amide bonds. The summed E-state index contributed by atoms with van der Waals surface area (Å²) in [5.74, 6) is 3.63. The molecule has 5 atom stereocenters. The molecule has 0 bridgehead atoms. The molecule has 0 heterocycles. The average molecular weight is 516 g/mol. The molecular formula is C31H48OSe. The first-order valence-electron chi connectivity index (χ1n) is 13.8. The zero-order valence-corrected chi connectivity index (χ0v) is 23.4. The summed E-state index contributed by atoms with van der Waals surface area (Å²) in [7, 11) is 0. The van der Waals surface area contributed by atoms with Crippen molar-refractivity contribution < 1.29 is 4.79 Å². The Labute approximate surface area is 210 Å². The Morgan fingerprint density at radius 1 is 1.12 bits per heavy atom. The fraction of sp³-hybridized carbons (Fsp3) is 0.710. The second-order valence-corrected chi connectivity index (χ2v) is 14.4. The summed E-state index contributed by atoms with van der Waals surface area (Å²) in [6.45, 7) is 9.54. The van der Waals surface area contributed by atoms with Crippen LogP contribution in [0.3, 0.4) is 0 Å². The SMILES string of the molecule is CCCCC[C@]1(/C=C/[C@@H]2C[C@H](C)CC[C@H]2C(C)C)CCCC([Se]c2ccccc2)CC(=O)C1. The van der Waals surface area contributed by atoms with E-state index in [4.69, 9.17) is 0 Å². The van der Waals surface area contributed by atoms with Gasteiger partial charge in [-0.2, -0.15) is 0 Å². The second kappa shape index (κ2) is 13.3. The second-order valence-electron chi connectivity index (χ2n) is 11.5. The topological polar surface area (TPSA) is 17.1 Å². The van der Waals surface area contributed by atoms with Crippen LogP contribution in [0, 0.1) is 29.1 Å². The monoisotopic (exact) mass is 516 g/mol. The van der Waals surface area contributed by atoms with E-state index in [0.717, 1.165) is 30.6 Å². The minimum atomic E-state index is 0.110. The van der Waals surface area contributed by atoms with Crippen LogP contribution in [-0.4, -0.2) is 20.7 Å². The van der Waals surface area contributed by atoms with Crippen LogP contribution in [0.2, 0.25) is 4.82 Å². The first-order valence-corrected chi connectivity index (χ1v) is 15.7. The van der Waals surface area contributed by atoms with Crippen molar-refractivity contribution in [1.29, 1.82) is 0 Å². The summed E-state index contributed by atoms with van der Waals surface area (Å²) < 4.78 is 1.45. The summed E-state index contributed by atoms with van der Waals surface area (Å²) in [4.78, 5) is 13.9. The Hall–Kier alpha value is -0.851. The molecule has 2 saturated carbocycles. The van der Waals surface area contributed by atoms with E-state index in [1.165, 1.54) is 68.7 Å². The minimum absolute atomic E-state index is 0.110. The van der Waals surface area contributed by atoms with Crippen LogP contribution in [0.1, 0.15) is 105 Å². The van der Waals surface area contributed by atoms with Gasteiger partial charge in [-0.25, -0.2) is 0 Å². The van der Waals surface area contributed by atoms with E-state index in [0.29, 0.717) is 31.5 Å². The molecular weight excluding hydrogens is 467 g/mol. The van der Waals surface area contributed by atoms with E-state index in [9.17, 15) is 4.79 Å². The van der Waals surface area contributed by atoms with Crippen LogP contribution >= 0.6 is 0 Å². The summed E-state index contributed by atoms with van der Waals surface area (Å²) in [5, 5.41) is 0. The number of Topliss-reactive ketones (excluding diaryl/α,β-unsaturated/α-hetero) is 1. The van der Waals surface area contributed by atoms with Crippen LogP contribution in [0.4, 0.5) is 0 Å². The van der Waals surface area contributed by atoms with Gasteiger partial charge in [-0.05, 0) is 0 Å². The molecule has 0 aliphatic heterocycles. The summed E-state index contributed by atoms with van der Waals surface area (Å²) in [5.41, 5.74) is 0.110. The first-order chi connectivity index (χ1) is 15.9. The molecule has 1 unspecified atom stereocenters. The van der Waals surface area contributed by atoms with Gasteiger partial charge in [0.2, 0.25) is 0 Å². The van der Waals surface area contributed by atoms with Gasteiger partial charge in [0.25, 0.3) is 0 Å². The maximum absolute atomic E-state index is 13.3. The number of hydrogen-bond donors (Lipinski definition) is 0. The Kier molecular flexibility index (Phi) is 10.8. The summed E-state index contributed by atoms with van der Waals surface area (Å²) >= 11 is 0.414. The van der Waals surface area contributed by atoms with Crippen LogP contribution in [0.25, 0.3) is 0 Å². The molecule has 3 rings (SSSR count). The Bertz CT molecular complexity index is 739. The van der Waals surface area contributed by atoms with Gasteiger partial charge in [-0.15, -0.1) is 0 Å². The zero-order chi connectivity index (χ0) is 23.7. The van der Waals surface area contributed by atoms with Crippen molar-refractivity contribution in [3.8, 4) is 0 Å². The van der Waals surface area contributed by atoms with Crippen LogP contribution in [-0.2, 0) is 4.79 Å². The molecule has 0 radical (unpaired) electrons. The van der Waals surface area contributed by atoms with Gasteiger partial charge in [-0.3, -0.25) is 0 Å².